The highest BCUT2D eigenvalue weighted by Crippen LogP contribution is 2.31. The zero-order valence-corrected chi connectivity index (χ0v) is 19.9. The van der Waals surface area contributed by atoms with Gasteiger partial charge < -0.3 is 15.3 Å². The number of halogens is 1. The summed E-state index contributed by atoms with van der Waals surface area (Å²) in [6, 6.07) is 13.1. The number of rotatable bonds is 12. The van der Waals surface area contributed by atoms with E-state index < -0.39 is 5.97 Å². The molecule has 0 unspecified atom stereocenters. The number of aliphatic carboxylic acids is 1. The van der Waals surface area contributed by atoms with Crippen molar-refractivity contribution < 1.29 is 14.7 Å². The van der Waals surface area contributed by atoms with Gasteiger partial charge in [-0.2, -0.15) is 0 Å². The first-order valence-corrected chi connectivity index (χ1v) is 11.6. The molecule has 1 amide bonds. The van der Waals surface area contributed by atoms with Crippen molar-refractivity contribution in [2.24, 2.45) is 0 Å². The van der Waals surface area contributed by atoms with Crippen molar-refractivity contribution >= 4 is 40.4 Å². The number of hydrogen-bond donors (Lipinski definition) is 2. The molecule has 0 aliphatic heterocycles. The first-order chi connectivity index (χ1) is 15.3. The quantitative estimate of drug-likeness (QED) is 0.362. The van der Waals surface area contributed by atoms with E-state index in [1.54, 1.807) is 13.0 Å². The van der Waals surface area contributed by atoms with E-state index in [2.05, 4.69) is 24.1 Å². The Kier molecular flexibility index (Phi) is 10.3. The lowest BCUT2D eigenvalue weighted by Crippen LogP contribution is -2.27. The minimum Gasteiger partial charge on any atom is -0.478 e. The van der Waals surface area contributed by atoms with Gasteiger partial charge in [0.15, 0.2) is 0 Å². The molecule has 0 spiro atoms. The Morgan fingerprint density at radius 2 is 1.72 bits per heavy atom. The predicted octanol–water partition coefficient (Wildman–Crippen LogP) is 6.42. The Hall–Kier alpha value is -2.79. The normalized spacial score (nSPS) is 11.3. The summed E-state index contributed by atoms with van der Waals surface area (Å²) in [7, 11) is 0. The van der Waals surface area contributed by atoms with E-state index in [4.69, 9.17) is 16.7 Å². The summed E-state index contributed by atoms with van der Waals surface area (Å²) < 4.78 is 0. The van der Waals surface area contributed by atoms with Gasteiger partial charge in [0.1, 0.15) is 0 Å². The smallest absolute Gasteiger partial charge is 0.328 e. The Balaban J connectivity index is 2.40. The number of unbranched alkanes of at least 4 members (excludes halogenated alkanes) is 2. The van der Waals surface area contributed by atoms with Crippen molar-refractivity contribution in [2.75, 3.05) is 23.3 Å². The number of carboxylic acid groups (broad SMARTS) is 1. The number of carboxylic acids is 1. The number of nitrogens with one attached hydrogen (secondary N) is 1. The van der Waals surface area contributed by atoms with Crippen molar-refractivity contribution in [3.63, 3.8) is 0 Å². The van der Waals surface area contributed by atoms with Crippen LogP contribution in [0, 0.1) is 0 Å². The Morgan fingerprint density at radius 3 is 2.31 bits per heavy atom. The van der Waals surface area contributed by atoms with Crippen LogP contribution in [-0.4, -0.2) is 30.1 Å². The number of nitrogens with zero attached hydrogens (tertiary/aromatic N) is 1. The molecule has 5 nitrogen and oxygen atoms in total. The average Bonchev–Trinajstić information content (AvgIpc) is 2.75. The lowest BCUT2D eigenvalue weighted by Gasteiger charge is -2.28. The van der Waals surface area contributed by atoms with Crippen LogP contribution in [0.1, 0.15) is 57.6 Å². The second kappa shape index (κ2) is 12.9. The fourth-order valence-electron chi connectivity index (χ4n) is 3.49. The van der Waals surface area contributed by atoms with Gasteiger partial charge in [-0.1, -0.05) is 62.6 Å². The van der Waals surface area contributed by atoms with Crippen molar-refractivity contribution in [2.45, 2.75) is 52.9 Å². The van der Waals surface area contributed by atoms with Crippen LogP contribution >= 0.6 is 11.6 Å². The van der Waals surface area contributed by atoms with Gasteiger partial charge in [-0.3, -0.25) is 4.79 Å². The molecule has 0 saturated carbocycles. The number of allylic oxidation sites excluding steroid dienone is 1. The molecule has 32 heavy (non-hydrogen) atoms. The molecule has 2 aromatic rings. The molecule has 6 heteroatoms. The lowest BCUT2D eigenvalue weighted by molar-refractivity contribution is -0.131. The first kappa shape index (κ1) is 25.5. The minimum absolute atomic E-state index is 0.164. The van der Waals surface area contributed by atoms with E-state index in [0.717, 1.165) is 55.6 Å². The van der Waals surface area contributed by atoms with Gasteiger partial charge >= 0.3 is 5.97 Å². The lowest BCUT2D eigenvalue weighted by atomic mass is 10.0. The molecule has 0 aromatic heterocycles. The van der Waals surface area contributed by atoms with Crippen molar-refractivity contribution in [3.8, 4) is 0 Å². The van der Waals surface area contributed by atoms with E-state index in [1.807, 2.05) is 36.4 Å². The standard InChI is InChI=1S/C26H33ClN2O3/c1-4-6-14-29(15-7-5-2)24-13-12-20(19(3)16-26(31)32)17-23(24)28-25(30)18-21-10-8-9-11-22(21)27/h8-13,16-17H,4-7,14-15,18H2,1-3H3,(H,28,30)(H,31,32)/b19-16+. The van der Waals surface area contributed by atoms with Crippen LogP contribution in [0.25, 0.3) is 5.57 Å². The van der Waals surface area contributed by atoms with Crippen LogP contribution in [0.4, 0.5) is 11.4 Å². The van der Waals surface area contributed by atoms with Crippen LogP contribution < -0.4 is 10.2 Å². The fourth-order valence-corrected chi connectivity index (χ4v) is 3.69. The van der Waals surface area contributed by atoms with Gasteiger partial charge in [0.05, 0.1) is 17.8 Å². The molecular weight excluding hydrogens is 424 g/mol. The summed E-state index contributed by atoms with van der Waals surface area (Å²) in [5, 5.41) is 12.7. The van der Waals surface area contributed by atoms with Crippen molar-refractivity contribution in [1.29, 1.82) is 0 Å². The summed E-state index contributed by atoms with van der Waals surface area (Å²) in [4.78, 5) is 26.3. The van der Waals surface area contributed by atoms with Crippen molar-refractivity contribution in [1.82, 2.24) is 0 Å². The Bertz CT molecular complexity index is 948. The van der Waals surface area contributed by atoms with E-state index in [-0.39, 0.29) is 12.3 Å². The number of carbonyl (C=O) groups excluding carboxylic acids is 1. The number of carbonyl (C=O) groups is 2. The second-order valence-corrected chi connectivity index (χ2v) is 8.32. The Morgan fingerprint density at radius 1 is 1.06 bits per heavy atom. The van der Waals surface area contributed by atoms with Crippen LogP contribution in [0.2, 0.25) is 5.02 Å². The largest absolute Gasteiger partial charge is 0.478 e. The summed E-state index contributed by atoms with van der Waals surface area (Å²) in [6.07, 6.45) is 5.60. The maximum atomic E-state index is 12.9. The molecule has 0 bridgehead atoms. The van der Waals surface area contributed by atoms with Crippen LogP contribution in [0.5, 0.6) is 0 Å². The van der Waals surface area contributed by atoms with E-state index in [0.29, 0.717) is 16.3 Å². The SMILES string of the molecule is CCCCN(CCCC)c1ccc(/C(C)=C/C(=O)O)cc1NC(=O)Cc1ccccc1Cl. The predicted molar refractivity (Wildman–Crippen MR) is 134 cm³/mol. The van der Waals surface area contributed by atoms with Gasteiger partial charge in [0.2, 0.25) is 5.91 Å². The van der Waals surface area contributed by atoms with E-state index >= 15 is 0 Å². The van der Waals surface area contributed by atoms with Gasteiger partial charge in [-0.15, -0.1) is 0 Å². The van der Waals surface area contributed by atoms with Crippen LogP contribution in [-0.2, 0) is 16.0 Å². The van der Waals surface area contributed by atoms with Crippen LogP contribution in [0.15, 0.2) is 48.5 Å². The molecule has 0 saturated heterocycles. The van der Waals surface area contributed by atoms with Gasteiger partial charge in [0, 0.05) is 24.2 Å². The molecule has 0 aliphatic carbocycles. The van der Waals surface area contributed by atoms with Gasteiger partial charge in [-0.05, 0) is 54.7 Å². The minimum atomic E-state index is -0.997. The fraction of sp³-hybridized carbons (Fsp3) is 0.385. The van der Waals surface area contributed by atoms with Crippen LogP contribution in [0.3, 0.4) is 0 Å². The third kappa shape index (κ3) is 7.72. The van der Waals surface area contributed by atoms with E-state index in [1.165, 1.54) is 6.08 Å². The second-order valence-electron chi connectivity index (χ2n) is 7.91. The highest BCUT2D eigenvalue weighted by Gasteiger charge is 2.16. The molecule has 2 N–H and O–H groups in total. The number of hydrogen-bond acceptors (Lipinski definition) is 3. The zero-order chi connectivity index (χ0) is 23.5. The maximum Gasteiger partial charge on any atom is 0.328 e. The van der Waals surface area contributed by atoms with E-state index in [9.17, 15) is 9.59 Å². The molecule has 2 rings (SSSR count). The summed E-state index contributed by atoms with van der Waals surface area (Å²) in [6.45, 7) is 7.87. The number of amides is 1. The molecule has 0 aliphatic rings. The zero-order valence-electron chi connectivity index (χ0n) is 19.2. The average molecular weight is 457 g/mol. The van der Waals surface area contributed by atoms with Crippen molar-refractivity contribution in [3.05, 3.63) is 64.7 Å². The van der Waals surface area contributed by atoms with Gasteiger partial charge in [-0.25, -0.2) is 4.79 Å². The topological polar surface area (TPSA) is 69.6 Å². The summed E-state index contributed by atoms with van der Waals surface area (Å²) >= 11 is 6.23. The Labute approximate surface area is 196 Å². The number of benzene rings is 2. The highest BCUT2D eigenvalue weighted by atomic mass is 35.5. The maximum absolute atomic E-state index is 12.9. The van der Waals surface area contributed by atoms with Gasteiger partial charge in [0.25, 0.3) is 0 Å². The molecule has 0 fully saturated rings. The number of anilines is 2. The molecule has 172 valence electrons. The third-order valence-electron chi connectivity index (χ3n) is 5.28. The molecular formula is C26H33ClN2O3. The summed E-state index contributed by atoms with van der Waals surface area (Å²) in [5.41, 5.74) is 3.78. The monoisotopic (exact) mass is 456 g/mol. The summed E-state index contributed by atoms with van der Waals surface area (Å²) in [5.74, 6) is -1.16. The molecule has 0 atom stereocenters. The molecule has 2 aromatic carbocycles. The molecule has 0 heterocycles. The molecule has 0 radical (unpaired) electrons. The highest BCUT2D eigenvalue weighted by molar-refractivity contribution is 6.31. The third-order valence-corrected chi connectivity index (χ3v) is 5.65. The first-order valence-electron chi connectivity index (χ1n) is 11.2.